The molecule has 1 aliphatic carbocycles. The van der Waals surface area contributed by atoms with E-state index >= 15 is 0 Å². The molecule has 7 nitrogen and oxygen atoms in total. The van der Waals surface area contributed by atoms with Gasteiger partial charge in [0.15, 0.2) is 11.6 Å². The first-order valence-electron chi connectivity index (χ1n) is 12.9. The molecule has 0 bridgehead atoms. The maximum atomic E-state index is 13.5. The van der Waals surface area contributed by atoms with Gasteiger partial charge in [-0.05, 0) is 69.0 Å². The Morgan fingerprint density at radius 2 is 1.69 bits per heavy atom. The molecule has 2 aromatic heterocycles. The minimum absolute atomic E-state index is 0.0417. The Hall–Kier alpha value is -3.32. The van der Waals surface area contributed by atoms with Gasteiger partial charge in [0.25, 0.3) is 5.91 Å². The van der Waals surface area contributed by atoms with Gasteiger partial charge in [0.1, 0.15) is 0 Å². The zero-order valence-electron chi connectivity index (χ0n) is 20.0. The van der Waals surface area contributed by atoms with E-state index in [-0.39, 0.29) is 11.7 Å². The van der Waals surface area contributed by atoms with E-state index in [4.69, 9.17) is 4.98 Å². The van der Waals surface area contributed by atoms with E-state index in [2.05, 4.69) is 20.9 Å². The van der Waals surface area contributed by atoms with Crippen LogP contribution in [0.5, 0.6) is 0 Å². The van der Waals surface area contributed by atoms with Crippen LogP contribution in [0.15, 0.2) is 42.7 Å². The SMILES string of the molecule is O=C1CCc2cc(-c3nc(C(=O)N4CCC(N5CCCCC5)CC4)[nH]c3-c3ccncc3)ccc21. The largest absolute Gasteiger partial charge is 0.336 e. The Morgan fingerprint density at radius 3 is 2.46 bits per heavy atom. The Kier molecular flexibility index (Phi) is 5.94. The molecule has 35 heavy (non-hydrogen) atoms. The first-order valence-corrected chi connectivity index (χ1v) is 12.9. The molecule has 6 rings (SSSR count). The van der Waals surface area contributed by atoms with E-state index in [0.29, 0.717) is 18.3 Å². The number of rotatable bonds is 4. The lowest BCUT2D eigenvalue weighted by molar-refractivity contribution is 0.0580. The number of hydrogen-bond acceptors (Lipinski definition) is 5. The summed E-state index contributed by atoms with van der Waals surface area (Å²) in [6.07, 6.45) is 10.8. The number of piperidine rings is 2. The number of ketones is 1. The second-order valence-corrected chi connectivity index (χ2v) is 9.96. The van der Waals surface area contributed by atoms with E-state index in [1.54, 1.807) is 12.4 Å². The van der Waals surface area contributed by atoms with E-state index in [9.17, 15) is 9.59 Å². The van der Waals surface area contributed by atoms with Crippen molar-refractivity contribution < 1.29 is 9.59 Å². The molecule has 0 saturated carbocycles. The second-order valence-electron chi connectivity index (χ2n) is 9.96. The smallest absolute Gasteiger partial charge is 0.289 e. The fourth-order valence-electron chi connectivity index (χ4n) is 5.88. The van der Waals surface area contributed by atoms with Gasteiger partial charge < -0.3 is 14.8 Å². The summed E-state index contributed by atoms with van der Waals surface area (Å²) in [6.45, 7) is 3.92. The van der Waals surface area contributed by atoms with Gasteiger partial charge in [-0.25, -0.2) is 4.98 Å². The van der Waals surface area contributed by atoms with Crippen LogP contribution in [0.4, 0.5) is 0 Å². The monoisotopic (exact) mass is 469 g/mol. The average Bonchev–Trinajstić information content (AvgIpc) is 3.53. The highest BCUT2D eigenvalue weighted by atomic mass is 16.2. The molecule has 4 heterocycles. The lowest BCUT2D eigenvalue weighted by Crippen LogP contribution is -2.48. The molecule has 0 atom stereocenters. The fraction of sp³-hybridized carbons (Fsp3) is 0.429. The summed E-state index contributed by atoms with van der Waals surface area (Å²) in [7, 11) is 0. The third kappa shape index (κ3) is 4.29. The van der Waals surface area contributed by atoms with E-state index < -0.39 is 0 Å². The van der Waals surface area contributed by atoms with E-state index in [1.807, 2.05) is 29.2 Å². The number of H-pyrrole nitrogens is 1. The van der Waals surface area contributed by atoms with Gasteiger partial charge in [-0.3, -0.25) is 14.6 Å². The molecule has 0 spiro atoms. The highest BCUT2D eigenvalue weighted by Crippen LogP contribution is 2.34. The Bertz CT molecular complexity index is 1240. The standard InChI is InChI=1S/C28H31N5O2/c34-24-7-5-20-18-21(4-6-23(20)24)26-25(19-8-12-29-13-9-19)30-27(31-26)28(35)33-16-10-22(11-17-33)32-14-2-1-3-15-32/h4,6,8-9,12-13,18,22H,1-3,5,7,10-11,14-17H2,(H,30,31). The summed E-state index contributed by atoms with van der Waals surface area (Å²) in [5, 5.41) is 0. The van der Waals surface area contributed by atoms with E-state index in [1.165, 1.54) is 32.4 Å². The van der Waals surface area contributed by atoms with Crippen LogP contribution >= 0.6 is 0 Å². The van der Waals surface area contributed by atoms with Crippen LogP contribution in [0.3, 0.4) is 0 Å². The average molecular weight is 470 g/mol. The Labute approximate surface area is 205 Å². The molecule has 0 radical (unpaired) electrons. The number of aryl methyl sites for hydroxylation is 1. The highest BCUT2D eigenvalue weighted by Gasteiger charge is 2.30. The molecule has 7 heteroatoms. The number of pyridine rings is 1. The van der Waals surface area contributed by atoms with Crippen molar-refractivity contribution in [3.63, 3.8) is 0 Å². The molecule has 2 aliphatic heterocycles. The number of carbonyl (C=O) groups is 2. The summed E-state index contributed by atoms with van der Waals surface area (Å²) in [4.78, 5) is 42.5. The minimum atomic E-state index is -0.0417. The molecule has 1 amide bonds. The maximum Gasteiger partial charge on any atom is 0.289 e. The maximum absolute atomic E-state index is 13.5. The molecule has 0 unspecified atom stereocenters. The Morgan fingerprint density at radius 1 is 0.914 bits per heavy atom. The first-order chi connectivity index (χ1) is 17.2. The van der Waals surface area contributed by atoms with Crippen molar-refractivity contribution in [3.05, 3.63) is 59.7 Å². The van der Waals surface area contributed by atoms with Crippen molar-refractivity contribution in [1.29, 1.82) is 0 Å². The van der Waals surface area contributed by atoms with Crippen molar-refractivity contribution in [3.8, 4) is 22.5 Å². The molecule has 180 valence electrons. The van der Waals surface area contributed by atoms with Crippen LogP contribution in [0.25, 0.3) is 22.5 Å². The lowest BCUT2D eigenvalue weighted by Gasteiger charge is -2.40. The van der Waals surface area contributed by atoms with Crippen molar-refractivity contribution >= 4 is 11.7 Å². The number of benzene rings is 1. The predicted octanol–water partition coefficient (Wildman–Crippen LogP) is 4.36. The summed E-state index contributed by atoms with van der Waals surface area (Å²) < 4.78 is 0. The van der Waals surface area contributed by atoms with Crippen molar-refractivity contribution in [2.45, 2.75) is 51.0 Å². The lowest BCUT2D eigenvalue weighted by atomic mass is 10.00. The summed E-state index contributed by atoms with van der Waals surface area (Å²) in [6, 6.07) is 10.3. The molecule has 1 N–H and O–H groups in total. The molecular weight excluding hydrogens is 438 g/mol. The molecule has 2 saturated heterocycles. The second kappa shape index (κ2) is 9.38. The number of imidazole rings is 1. The van der Waals surface area contributed by atoms with Gasteiger partial charge in [0, 0.05) is 54.6 Å². The van der Waals surface area contributed by atoms with Gasteiger partial charge in [-0.1, -0.05) is 18.6 Å². The summed E-state index contributed by atoms with van der Waals surface area (Å²) in [5.74, 6) is 0.534. The number of aromatic amines is 1. The van der Waals surface area contributed by atoms with Gasteiger partial charge >= 0.3 is 0 Å². The molecule has 3 aliphatic rings. The molecular formula is C28H31N5O2. The van der Waals surface area contributed by atoms with Crippen LogP contribution < -0.4 is 0 Å². The van der Waals surface area contributed by atoms with Crippen molar-refractivity contribution in [2.75, 3.05) is 26.2 Å². The quantitative estimate of drug-likeness (QED) is 0.614. The summed E-state index contributed by atoms with van der Waals surface area (Å²) in [5.41, 5.74) is 5.27. The number of fused-ring (bicyclic) bond motifs is 1. The third-order valence-electron chi connectivity index (χ3n) is 7.83. The number of likely N-dealkylation sites (tertiary alicyclic amines) is 2. The van der Waals surface area contributed by atoms with Crippen LogP contribution in [0.1, 0.15) is 65.1 Å². The van der Waals surface area contributed by atoms with Crippen molar-refractivity contribution in [1.82, 2.24) is 24.8 Å². The van der Waals surface area contributed by atoms with Crippen molar-refractivity contribution in [2.24, 2.45) is 0 Å². The topological polar surface area (TPSA) is 82.2 Å². The van der Waals surface area contributed by atoms with Crippen LogP contribution in [-0.2, 0) is 6.42 Å². The summed E-state index contributed by atoms with van der Waals surface area (Å²) >= 11 is 0. The third-order valence-corrected chi connectivity index (χ3v) is 7.83. The van der Waals surface area contributed by atoms with Gasteiger partial charge in [-0.15, -0.1) is 0 Å². The zero-order chi connectivity index (χ0) is 23.8. The number of aromatic nitrogens is 3. The fourth-order valence-corrected chi connectivity index (χ4v) is 5.88. The van der Waals surface area contributed by atoms with Crippen LogP contribution in [-0.4, -0.2) is 68.7 Å². The molecule has 1 aromatic carbocycles. The minimum Gasteiger partial charge on any atom is -0.336 e. The van der Waals surface area contributed by atoms with Gasteiger partial charge in [-0.2, -0.15) is 0 Å². The number of carbonyl (C=O) groups excluding carboxylic acids is 2. The highest BCUT2D eigenvalue weighted by molar-refractivity contribution is 6.01. The van der Waals surface area contributed by atoms with E-state index in [0.717, 1.165) is 66.0 Å². The van der Waals surface area contributed by atoms with Crippen LogP contribution in [0, 0.1) is 0 Å². The van der Waals surface area contributed by atoms with Crippen LogP contribution in [0.2, 0.25) is 0 Å². The molecule has 2 fully saturated rings. The normalized spacial score (nSPS) is 19.2. The number of nitrogens with one attached hydrogen (secondary N) is 1. The van der Waals surface area contributed by atoms with Gasteiger partial charge in [0.2, 0.25) is 0 Å². The Balaban J connectivity index is 1.27. The predicted molar refractivity (Wildman–Crippen MR) is 134 cm³/mol. The zero-order valence-corrected chi connectivity index (χ0v) is 20.0. The number of nitrogens with zero attached hydrogens (tertiary/aromatic N) is 4. The number of hydrogen-bond donors (Lipinski definition) is 1. The number of Topliss-reactive ketones (excluding diaryl/α,β-unsaturated/α-hetero) is 1. The molecule has 3 aromatic rings. The van der Waals surface area contributed by atoms with Gasteiger partial charge in [0.05, 0.1) is 11.4 Å². The first kappa shape index (κ1) is 22.2. The number of amides is 1.